The number of ether oxygens (including phenoxy) is 1. The van der Waals surface area contributed by atoms with Crippen molar-refractivity contribution < 1.29 is 13.9 Å². The van der Waals surface area contributed by atoms with Crippen molar-refractivity contribution in [3.05, 3.63) is 29.7 Å². The molecule has 1 saturated heterocycles. The van der Waals surface area contributed by atoms with Crippen LogP contribution in [0.25, 0.3) is 10.9 Å². The maximum atomic E-state index is 13.9. The second-order valence-corrected chi connectivity index (χ2v) is 5.66. The van der Waals surface area contributed by atoms with Gasteiger partial charge in [-0.3, -0.25) is 9.69 Å². The molecule has 1 fully saturated rings. The molecule has 0 saturated carbocycles. The zero-order valence-corrected chi connectivity index (χ0v) is 12.6. The van der Waals surface area contributed by atoms with Gasteiger partial charge in [0.1, 0.15) is 0 Å². The van der Waals surface area contributed by atoms with E-state index in [-0.39, 0.29) is 23.5 Å². The van der Waals surface area contributed by atoms with Crippen LogP contribution in [0.1, 0.15) is 18.4 Å². The topological polar surface area (TPSA) is 71.3 Å². The van der Waals surface area contributed by atoms with E-state index in [4.69, 9.17) is 10.5 Å². The Morgan fingerprint density at radius 2 is 2.36 bits per heavy atom. The van der Waals surface area contributed by atoms with Crippen LogP contribution in [0.5, 0.6) is 5.75 Å². The minimum absolute atomic E-state index is 0.177. The first-order valence-corrected chi connectivity index (χ1v) is 7.47. The van der Waals surface area contributed by atoms with Gasteiger partial charge >= 0.3 is 0 Å². The maximum absolute atomic E-state index is 13.9. The van der Waals surface area contributed by atoms with Crippen LogP contribution in [0.2, 0.25) is 0 Å². The van der Waals surface area contributed by atoms with Gasteiger partial charge in [-0.15, -0.1) is 0 Å². The first-order chi connectivity index (χ1) is 10.6. The molecule has 0 spiro atoms. The number of aromatic nitrogens is 1. The van der Waals surface area contributed by atoms with Crippen LogP contribution in [0.3, 0.4) is 0 Å². The van der Waals surface area contributed by atoms with Crippen molar-refractivity contribution in [1.82, 2.24) is 9.88 Å². The number of nitrogens with zero attached hydrogens (tertiary/aromatic N) is 1. The van der Waals surface area contributed by atoms with Gasteiger partial charge in [-0.25, -0.2) is 4.39 Å². The monoisotopic (exact) mass is 305 g/mol. The van der Waals surface area contributed by atoms with E-state index >= 15 is 0 Å². The molecule has 1 atom stereocenters. The number of primary amides is 1. The molecule has 5 nitrogen and oxygen atoms in total. The number of nitrogens with two attached hydrogens (primary N) is 1. The molecule has 1 aromatic carbocycles. The van der Waals surface area contributed by atoms with Gasteiger partial charge in [-0.05, 0) is 43.5 Å². The lowest BCUT2D eigenvalue weighted by Gasteiger charge is -2.21. The SMILES string of the molecule is COc1c(F)ccc2[nH]cc(CCN3CCCC3C(N)=O)c12. The van der Waals surface area contributed by atoms with Crippen molar-refractivity contribution in [2.75, 3.05) is 20.2 Å². The molecule has 118 valence electrons. The van der Waals surface area contributed by atoms with Gasteiger partial charge in [-0.1, -0.05) is 0 Å². The summed E-state index contributed by atoms with van der Waals surface area (Å²) in [7, 11) is 1.47. The Labute approximate surface area is 128 Å². The smallest absolute Gasteiger partial charge is 0.234 e. The normalized spacial score (nSPS) is 18.9. The minimum atomic E-state index is -0.368. The van der Waals surface area contributed by atoms with E-state index in [2.05, 4.69) is 9.88 Å². The molecule has 3 rings (SSSR count). The van der Waals surface area contributed by atoms with Crippen molar-refractivity contribution in [2.24, 2.45) is 5.73 Å². The fourth-order valence-electron chi connectivity index (χ4n) is 3.31. The average Bonchev–Trinajstić information content (AvgIpc) is 3.11. The van der Waals surface area contributed by atoms with Gasteiger partial charge in [0.2, 0.25) is 5.91 Å². The van der Waals surface area contributed by atoms with E-state index < -0.39 is 0 Å². The molecule has 22 heavy (non-hydrogen) atoms. The van der Waals surface area contributed by atoms with Crippen molar-refractivity contribution in [1.29, 1.82) is 0 Å². The van der Waals surface area contributed by atoms with Gasteiger partial charge in [-0.2, -0.15) is 0 Å². The molecular formula is C16H20FN3O2. The predicted octanol–water partition coefficient (Wildman–Crippen LogP) is 1.81. The van der Waals surface area contributed by atoms with Gasteiger partial charge in [0.25, 0.3) is 0 Å². The van der Waals surface area contributed by atoms with Crippen LogP contribution in [0.15, 0.2) is 18.3 Å². The molecule has 3 N–H and O–H groups in total. The highest BCUT2D eigenvalue weighted by molar-refractivity contribution is 5.89. The van der Waals surface area contributed by atoms with E-state index in [0.29, 0.717) is 6.42 Å². The summed E-state index contributed by atoms with van der Waals surface area (Å²) in [4.78, 5) is 16.7. The number of halogens is 1. The van der Waals surface area contributed by atoms with Crippen molar-refractivity contribution in [2.45, 2.75) is 25.3 Å². The number of methoxy groups -OCH3 is 1. The van der Waals surface area contributed by atoms with Crippen LogP contribution in [-0.2, 0) is 11.2 Å². The highest BCUT2D eigenvalue weighted by atomic mass is 19.1. The molecule has 1 unspecified atom stereocenters. The number of H-pyrrole nitrogens is 1. The van der Waals surface area contributed by atoms with Gasteiger partial charge < -0.3 is 15.5 Å². The number of hydrogen-bond donors (Lipinski definition) is 2. The molecule has 2 aromatic rings. The van der Waals surface area contributed by atoms with E-state index in [1.807, 2.05) is 6.20 Å². The number of carbonyl (C=O) groups is 1. The third kappa shape index (κ3) is 2.54. The lowest BCUT2D eigenvalue weighted by atomic mass is 10.1. The molecule has 1 aliphatic heterocycles. The quantitative estimate of drug-likeness (QED) is 0.885. The van der Waals surface area contributed by atoms with Crippen LogP contribution < -0.4 is 10.5 Å². The molecule has 1 aromatic heterocycles. The third-order valence-corrected chi connectivity index (χ3v) is 4.40. The Kier molecular flexibility index (Phi) is 4.02. The summed E-state index contributed by atoms with van der Waals surface area (Å²) >= 11 is 0. The van der Waals surface area contributed by atoms with E-state index in [9.17, 15) is 9.18 Å². The largest absolute Gasteiger partial charge is 0.493 e. The first kappa shape index (κ1) is 14.8. The number of hydrogen-bond acceptors (Lipinski definition) is 3. The summed E-state index contributed by atoms with van der Waals surface area (Å²) in [5.41, 5.74) is 7.27. The minimum Gasteiger partial charge on any atom is -0.493 e. The fourth-order valence-corrected chi connectivity index (χ4v) is 3.31. The van der Waals surface area contributed by atoms with Gasteiger partial charge in [0.15, 0.2) is 11.6 Å². The van der Waals surface area contributed by atoms with Crippen molar-refractivity contribution in [3.63, 3.8) is 0 Å². The molecule has 1 aliphatic rings. The second-order valence-electron chi connectivity index (χ2n) is 5.66. The van der Waals surface area contributed by atoms with E-state index in [1.165, 1.54) is 13.2 Å². The Morgan fingerprint density at radius 3 is 3.09 bits per heavy atom. The summed E-state index contributed by atoms with van der Waals surface area (Å²) in [6, 6.07) is 2.92. The molecule has 0 bridgehead atoms. The predicted molar refractivity (Wildman–Crippen MR) is 82.3 cm³/mol. The van der Waals surface area contributed by atoms with Gasteiger partial charge in [0.05, 0.1) is 13.2 Å². The first-order valence-electron chi connectivity index (χ1n) is 7.47. The standard InChI is InChI=1S/C16H20FN3O2/c1-22-15-11(17)4-5-12-14(15)10(9-19-12)6-8-20-7-2-3-13(20)16(18)21/h4-5,9,13,19H,2-3,6-8H2,1H3,(H2,18,21). The second kappa shape index (κ2) is 5.96. The van der Waals surface area contributed by atoms with Gasteiger partial charge in [0, 0.05) is 23.6 Å². The maximum Gasteiger partial charge on any atom is 0.234 e. The molecule has 6 heteroatoms. The Morgan fingerprint density at radius 1 is 1.55 bits per heavy atom. The average molecular weight is 305 g/mol. The number of aromatic amines is 1. The summed E-state index contributed by atoms with van der Waals surface area (Å²) in [5, 5.41) is 0.775. The summed E-state index contributed by atoms with van der Waals surface area (Å²) < 4.78 is 19.1. The number of carbonyl (C=O) groups excluding carboxylic acids is 1. The summed E-state index contributed by atoms with van der Waals surface area (Å²) in [6.45, 7) is 1.60. The lowest BCUT2D eigenvalue weighted by Crippen LogP contribution is -2.41. The molecule has 0 aliphatic carbocycles. The highest BCUT2D eigenvalue weighted by Gasteiger charge is 2.28. The Bertz CT molecular complexity index is 698. The number of fused-ring (bicyclic) bond motifs is 1. The number of nitrogens with one attached hydrogen (secondary N) is 1. The molecule has 0 radical (unpaired) electrons. The molecule has 2 heterocycles. The third-order valence-electron chi connectivity index (χ3n) is 4.40. The number of rotatable bonds is 5. The van der Waals surface area contributed by atoms with Crippen molar-refractivity contribution in [3.8, 4) is 5.75 Å². The Balaban J connectivity index is 1.82. The Hall–Kier alpha value is -2.08. The molecular weight excluding hydrogens is 285 g/mol. The summed E-state index contributed by atoms with van der Waals surface area (Å²) in [5.74, 6) is -0.367. The van der Waals surface area contributed by atoms with E-state index in [1.54, 1.807) is 6.07 Å². The number of amides is 1. The summed E-state index contributed by atoms with van der Waals surface area (Å²) in [6.07, 6.45) is 4.40. The van der Waals surface area contributed by atoms with Crippen LogP contribution >= 0.6 is 0 Å². The van der Waals surface area contributed by atoms with Crippen molar-refractivity contribution >= 4 is 16.8 Å². The fraction of sp³-hybridized carbons (Fsp3) is 0.438. The van der Waals surface area contributed by atoms with Crippen LogP contribution in [0, 0.1) is 5.82 Å². The molecule has 1 amide bonds. The van der Waals surface area contributed by atoms with E-state index in [0.717, 1.165) is 42.4 Å². The lowest BCUT2D eigenvalue weighted by molar-refractivity contribution is -0.122. The highest BCUT2D eigenvalue weighted by Crippen LogP contribution is 2.32. The van der Waals surface area contributed by atoms with Crippen LogP contribution in [-0.4, -0.2) is 42.0 Å². The number of likely N-dealkylation sites (tertiary alicyclic amines) is 1. The van der Waals surface area contributed by atoms with Crippen LogP contribution in [0.4, 0.5) is 4.39 Å². The number of benzene rings is 1. The zero-order valence-electron chi connectivity index (χ0n) is 12.6. The zero-order chi connectivity index (χ0) is 15.7.